The van der Waals surface area contributed by atoms with E-state index in [-0.39, 0.29) is 5.69 Å². The summed E-state index contributed by atoms with van der Waals surface area (Å²) in [5, 5.41) is 5.66. The lowest BCUT2D eigenvalue weighted by molar-refractivity contribution is -0.137. The van der Waals surface area contributed by atoms with Gasteiger partial charge in [-0.25, -0.2) is 0 Å². The van der Waals surface area contributed by atoms with Crippen molar-refractivity contribution in [3.63, 3.8) is 0 Å². The molecule has 0 spiro atoms. The van der Waals surface area contributed by atoms with Crippen molar-refractivity contribution in [3.8, 4) is 0 Å². The third-order valence-electron chi connectivity index (χ3n) is 5.48. The van der Waals surface area contributed by atoms with Gasteiger partial charge in [-0.3, -0.25) is 4.79 Å². The average molecular weight is 432 g/mol. The van der Waals surface area contributed by atoms with Crippen LogP contribution in [-0.4, -0.2) is 24.2 Å². The molecule has 1 aliphatic rings. The first-order valence-electron chi connectivity index (χ1n) is 9.70. The molecule has 1 fully saturated rings. The Morgan fingerprint density at radius 3 is 2.26 bits per heavy atom. The molecule has 2 aromatic rings. The number of hydrogen-bond donors (Lipinski definition) is 2. The van der Waals surface area contributed by atoms with Crippen LogP contribution in [0.4, 0.5) is 30.2 Å². The number of rotatable bonds is 5. The quantitative estimate of drug-likeness (QED) is 0.523. The standard InChI is InChI=1S/C22H24BF3N2O3/c1-6-19(29)28-16-10-11-17(23-30-20(2,3)21(4,5)31-23)18(13-16)27-15-9-7-8-14(12-15)22(24,25)26/h6-13,27H,1H2,2-5H3,(H,28,29). The largest absolute Gasteiger partial charge is 0.496 e. The molecule has 9 heteroatoms. The van der Waals surface area contributed by atoms with E-state index in [4.69, 9.17) is 9.31 Å². The Morgan fingerprint density at radius 1 is 1.03 bits per heavy atom. The first-order valence-corrected chi connectivity index (χ1v) is 9.70. The van der Waals surface area contributed by atoms with Crippen LogP contribution < -0.4 is 16.1 Å². The number of carbonyl (C=O) groups excluding carboxylic acids is 1. The van der Waals surface area contributed by atoms with Crippen LogP contribution in [0.15, 0.2) is 55.1 Å². The maximum Gasteiger partial charge on any atom is 0.496 e. The molecule has 0 unspecified atom stereocenters. The summed E-state index contributed by atoms with van der Waals surface area (Å²) in [7, 11) is -0.748. The molecule has 3 rings (SSSR count). The Kier molecular flexibility index (Phi) is 5.95. The van der Waals surface area contributed by atoms with Gasteiger partial charge in [0, 0.05) is 22.5 Å². The number of anilines is 3. The van der Waals surface area contributed by atoms with Crippen molar-refractivity contribution in [2.75, 3.05) is 10.6 Å². The fourth-order valence-corrected chi connectivity index (χ4v) is 3.04. The normalized spacial score (nSPS) is 17.3. The summed E-state index contributed by atoms with van der Waals surface area (Å²) in [6.45, 7) is 11.1. The second-order valence-electron chi connectivity index (χ2n) is 8.29. The highest BCUT2D eigenvalue weighted by Crippen LogP contribution is 2.37. The molecule has 2 aromatic carbocycles. The lowest BCUT2D eigenvalue weighted by Crippen LogP contribution is -2.41. The molecule has 1 amide bonds. The topological polar surface area (TPSA) is 59.6 Å². The summed E-state index contributed by atoms with van der Waals surface area (Å²) >= 11 is 0. The summed E-state index contributed by atoms with van der Waals surface area (Å²) in [5.74, 6) is -0.409. The van der Waals surface area contributed by atoms with E-state index >= 15 is 0 Å². The molecule has 0 saturated carbocycles. The van der Waals surface area contributed by atoms with Gasteiger partial charge in [0.2, 0.25) is 5.91 Å². The zero-order valence-electron chi connectivity index (χ0n) is 17.8. The molecule has 1 aliphatic heterocycles. The predicted molar refractivity (Wildman–Crippen MR) is 116 cm³/mol. The van der Waals surface area contributed by atoms with E-state index in [9.17, 15) is 18.0 Å². The summed E-state index contributed by atoms with van der Waals surface area (Å²) < 4.78 is 51.6. The molecule has 2 N–H and O–H groups in total. The molecule has 0 bridgehead atoms. The van der Waals surface area contributed by atoms with Crippen molar-refractivity contribution in [2.24, 2.45) is 0 Å². The van der Waals surface area contributed by atoms with E-state index in [2.05, 4.69) is 17.2 Å². The summed E-state index contributed by atoms with van der Waals surface area (Å²) in [6, 6.07) is 9.85. The van der Waals surface area contributed by atoms with Crippen molar-refractivity contribution in [1.82, 2.24) is 0 Å². The third kappa shape index (κ3) is 4.94. The lowest BCUT2D eigenvalue weighted by atomic mass is 9.77. The monoisotopic (exact) mass is 432 g/mol. The highest BCUT2D eigenvalue weighted by Gasteiger charge is 2.52. The maximum atomic E-state index is 13.1. The molecule has 0 aliphatic carbocycles. The lowest BCUT2D eigenvalue weighted by Gasteiger charge is -2.32. The predicted octanol–water partition coefficient (Wildman–Crippen LogP) is 4.87. The second kappa shape index (κ2) is 8.05. The van der Waals surface area contributed by atoms with Crippen LogP contribution in [-0.2, 0) is 20.3 Å². The van der Waals surface area contributed by atoms with E-state index < -0.39 is 36.0 Å². The van der Waals surface area contributed by atoms with Crippen LogP contribution in [0.3, 0.4) is 0 Å². The van der Waals surface area contributed by atoms with Crippen molar-refractivity contribution < 1.29 is 27.3 Å². The number of halogens is 3. The van der Waals surface area contributed by atoms with Gasteiger partial charge in [-0.2, -0.15) is 13.2 Å². The zero-order valence-corrected chi connectivity index (χ0v) is 17.8. The first-order chi connectivity index (χ1) is 14.3. The number of carbonyl (C=O) groups is 1. The highest BCUT2D eigenvalue weighted by molar-refractivity contribution is 6.64. The smallest absolute Gasteiger partial charge is 0.399 e. The minimum absolute atomic E-state index is 0.236. The number of nitrogens with one attached hydrogen (secondary N) is 2. The van der Waals surface area contributed by atoms with Crippen LogP contribution >= 0.6 is 0 Å². The fourth-order valence-electron chi connectivity index (χ4n) is 3.04. The number of hydrogen-bond acceptors (Lipinski definition) is 4. The molecule has 0 aromatic heterocycles. The molecule has 164 valence electrons. The number of alkyl halides is 3. The van der Waals surface area contributed by atoms with E-state index in [1.54, 1.807) is 18.2 Å². The summed E-state index contributed by atoms with van der Waals surface area (Å²) in [5.41, 5.74) is -0.251. The SMILES string of the molecule is C=CC(=O)Nc1ccc(B2OC(C)(C)C(C)(C)O2)c(Nc2cccc(C(F)(F)F)c2)c1. The van der Waals surface area contributed by atoms with E-state index in [0.717, 1.165) is 18.2 Å². The number of amides is 1. The van der Waals surface area contributed by atoms with Crippen molar-refractivity contribution in [3.05, 3.63) is 60.7 Å². The van der Waals surface area contributed by atoms with Crippen LogP contribution in [0.1, 0.15) is 33.3 Å². The Labute approximate surface area is 179 Å². The van der Waals surface area contributed by atoms with Gasteiger partial charge >= 0.3 is 13.3 Å². The molecule has 0 atom stereocenters. The summed E-state index contributed by atoms with van der Waals surface area (Å²) in [6.07, 6.45) is -3.34. The van der Waals surface area contributed by atoms with Gasteiger partial charge in [0.25, 0.3) is 0 Å². The van der Waals surface area contributed by atoms with Crippen LogP contribution in [0, 0.1) is 0 Å². The van der Waals surface area contributed by atoms with Crippen molar-refractivity contribution in [2.45, 2.75) is 45.1 Å². The van der Waals surface area contributed by atoms with Gasteiger partial charge < -0.3 is 19.9 Å². The molecule has 5 nitrogen and oxygen atoms in total. The third-order valence-corrected chi connectivity index (χ3v) is 5.48. The highest BCUT2D eigenvalue weighted by atomic mass is 19.4. The second-order valence-corrected chi connectivity index (χ2v) is 8.29. The van der Waals surface area contributed by atoms with Crippen LogP contribution in [0.25, 0.3) is 0 Å². The van der Waals surface area contributed by atoms with E-state index in [1.165, 1.54) is 12.1 Å². The average Bonchev–Trinajstić information content (AvgIpc) is 2.88. The fraction of sp³-hybridized carbons (Fsp3) is 0.318. The molecule has 1 heterocycles. The van der Waals surface area contributed by atoms with Crippen molar-refractivity contribution >= 4 is 35.6 Å². The van der Waals surface area contributed by atoms with Gasteiger partial charge in [0.15, 0.2) is 0 Å². The Hall–Kier alpha value is -2.78. The number of benzene rings is 2. The molecule has 0 radical (unpaired) electrons. The van der Waals surface area contributed by atoms with E-state index in [1.807, 2.05) is 27.7 Å². The van der Waals surface area contributed by atoms with E-state index in [0.29, 0.717) is 16.8 Å². The van der Waals surface area contributed by atoms with Gasteiger partial charge in [-0.15, -0.1) is 0 Å². The van der Waals surface area contributed by atoms with Gasteiger partial charge in [0.1, 0.15) is 0 Å². The van der Waals surface area contributed by atoms with Gasteiger partial charge in [0.05, 0.1) is 16.8 Å². The maximum absolute atomic E-state index is 13.1. The molecule has 31 heavy (non-hydrogen) atoms. The summed E-state index contributed by atoms with van der Waals surface area (Å²) in [4.78, 5) is 11.7. The first kappa shape index (κ1) is 22.9. The van der Waals surface area contributed by atoms with Gasteiger partial charge in [-0.1, -0.05) is 18.7 Å². The minimum Gasteiger partial charge on any atom is -0.399 e. The van der Waals surface area contributed by atoms with Gasteiger partial charge in [-0.05, 0) is 64.1 Å². The van der Waals surface area contributed by atoms with Crippen LogP contribution in [0.5, 0.6) is 0 Å². The minimum atomic E-state index is -4.47. The molecular formula is C22H24BF3N2O3. The van der Waals surface area contributed by atoms with Crippen molar-refractivity contribution in [1.29, 1.82) is 0 Å². The Balaban J connectivity index is 2.01. The Bertz CT molecular complexity index is 990. The van der Waals surface area contributed by atoms with Crippen LogP contribution in [0.2, 0.25) is 0 Å². The Morgan fingerprint density at radius 2 is 1.68 bits per heavy atom. The molecule has 1 saturated heterocycles. The zero-order chi connectivity index (χ0) is 23.0. The molecular weight excluding hydrogens is 408 g/mol.